The molecule has 168 valence electrons. The smallest absolute Gasteiger partial charge is 0.318 e. The number of nitrogens with one attached hydrogen (secondary N) is 1. The molecule has 0 aliphatic heterocycles. The number of anilines is 1. The molecule has 0 bridgehead atoms. The van der Waals surface area contributed by atoms with Gasteiger partial charge in [0.1, 0.15) is 5.82 Å². The molecular formula is C26H25ClN4O2. The Kier molecular flexibility index (Phi) is 6.20. The van der Waals surface area contributed by atoms with Gasteiger partial charge in [-0.15, -0.1) is 0 Å². The van der Waals surface area contributed by atoms with E-state index in [0.29, 0.717) is 27.4 Å². The maximum absolute atomic E-state index is 13.6. The first-order valence-corrected chi connectivity index (χ1v) is 11.0. The number of halogens is 1. The number of amides is 2. The Morgan fingerprint density at radius 1 is 1.06 bits per heavy atom. The van der Waals surface area contributed by atoms with Gasteiger partial charge in [-0.2, -0.15) is 0 Å². The fraction of sp³-hybridized carbons (Fsp3) is 0.192. The summed E-state index contributed by atoms with van der Waals surface area (Å²) in [5.74, 6) is 0.487. The number of hydrogen-bond acceptors (Lipinski definition) is 3. The third kappa shape index (κ3) is 4.47. The topological polar surface area (TPSA) is 67.2 Å². The lowest BCUT2D eigenvalue weighted by molar-refractivity contribution is 0.205. The lowest BCUT2D eigenvalue weighted by Gasteiger charge is -2.27. The van der Waals surface area contributed by atoms with Crippen LogP contribution in [0.2, 0.25) is 5.02 Å². The molecule has 4 aromatic rings. The van der Waals surface area contributed by atoms with Crippen LogP contribution in [0.15, 0.2) is 71.5 Å². The molecule has 1 unspecified atom stereocenters. The monoisotopic (exact) mass is 460 g/mol. The second-order valence-electron chi connectivity index (χ2n) is 8.14. The molecule has 0 aliphatic rings. The van der Waals surface area contributed by atoms with Crippen molar-refractivity contribution in [2.45, 2.75) is 26.8 Å². The first kappa shape index (κ1) is 22.6. The number of urea groups is 1. The third-order valence-electron chi connectivity index (χ3n) is 5.78. The zero-order chi connectivity index (χ0) is 23.7. The Labute approximate surface area is 197 Å². The van der Waals surface area contributed by atoms with Crippen LogP contribution in [-0.2, 0) is 0 Å². The Hall–Kier alpha value is -3.64. The summed E-state index contributed by atoms with van der Waals surface area (Å²) in [6.45, 7) is 5.80. The van der Waals surface area contributed by atoms with E-state index in [1.807, 2.05) is 57.2 Å². The molecule has 4 rings (SSSR count). The van der Waals surface area contributed by atoms with Crippen LogP contribution in [-0.4, -0.2) is 27.5 Å². The van der Waals surface area contributed by atoms with Crippen molar-refractivity contribution in [1.29, 1.82) is 0 Å². The third-order valence-corrected chi connectivity index (χ3v) is 6.03. The van der Waals surface area contributed by atoms with Gasteiger partial charge in [-0.05, 0) is 74.4 Å². The molecule has 7 heteroatoms. The summed E-state index contributed by atoms with van der Waals surface area (Å²) < 4.78 is 1.63. The Morgan fingerprint density at radius 2 is 1.76 bits per heavy atom. The van der Waals surface area contributed by atoms with E-state index in [9.17, 15) is 9.59 Å². The first-order chi connectivity index (χ1) is 15.8. The molecule has 1 heterocycles. The van der Waals surface area contributed by atoms with Gasteiger partial charge in [0, 0.05) is 17.8 Å². The predicted octanol–water partition coefficient (Wildman–Crippen LogP) is 5.88. The zero-order valence-corrected chi connectivity index (χ0v) is 19.7. The van der Waals surface area contributed by atoms with Crippen molar-refractivity contribution in [1.82, 2.24) is 14.5 Å². The molecule has 3 aromatic carbocycles. The first-order valence-electron chi connectivity index (χ1n) is 10.6. The van der Waals surface area contributed by atoms with Gasteiger partial charge in [-0.25, -0.2) is 9.78 Å². The van der Waals surface area contributed by atoms with Crippen molar-refractivity contribution < 1.29 is 4.79 Å². The predicted molar refractivity (Wildman–Crippen MR) is 133 cm³/mol. The fourth-order valence-corrected chi connectivity index (χ4v) is 3.84. The van der Waals surface area contributed by atoms with Crippen molar-refractivity contribution in [3.63, 3.8) is 0 Å². The van der Waals surface area contributed by atoms with E-state index in [4.69, 9.17) is 16.6 Å². The highest BCUT2D eigenvalue weighted by atomic mass is 35.5. The molecule has 0 fully saturated rings. The second kappa shape index (κ2) is 9.08. The van der Waals surface area contributed by atoms with Crippen LogP contribution in [0, 0.1) is 13.8 Å². The van der Waals surface area contributed by atoms with Crippen LogP contribution in [0.3, 0.4) is 0 Å². The summed E-state index contributed by atoms with van der Waals surface area (Å²) in [6, 6.07) is 19.3. The molecule has 0 saturated carbocycles. The van der Waals surface area contributed by atoms with E-state index in [-0.39, 0.29) is 11.6 Å². The highest BCUT2D eigenvalue weighted by molar-refractivity contribution is 6.30. The minimum atomic E-state index is -0.491. The van der Waals surface area contributed by atoms with Crippen molar-refractivity contribution in [2.75, 3.05) is 12.4 Å². The maximum Gasteiger partial charge on any atom is 0.322 e. The second-order valence-corrected chi connectivity index (χ2v) is 8.58. The fourth-order valence-electron chi connectivity index (χ4n) is 3.72. The summed E-state index contributed by atoms with van der Waals surface area (Å²) >= 11 is 5.94. The molecule has 0 spiro atoms. The molecule has 6 nitrogen and oxygen atoms in total. The van der Waals surface area contributed by atoms with E-state index < -0.39 is 6.04 Å². The van der Waals surface area contributed by atoms with Crippen molar-refractivity contribution in [3.05, 3.63) is 99.1 Å². The number of nitrogens with zero attached hydrogens (tertiary/aromatic N) is 3. The molecule has 0 radical (unpaired) electrons. The number of hydrogen-bond donors (Lipinski definition) is 1. The molecule has 1 aromatic heterocycles. The largest absolute Gasteiger partial charge is 0.322 e. The van der Waals surface area contributed by atoms with Gasteiger partial charge in [-0.3, -0.25) is 9.36 Å². The Bertz CT molecular complexity index is 1400. The highest BCUT2D eigenvalue weighted by Crippen LogP contribution is 2.25. The molecule has 0 aliphatic carbocycles. The van der Waals surface area contributed by atoms with Gasteiger partial charge in [0.05, 0.1) is 22.6 Å². The van der Waals surface area contributed by atoms with Crippen molar-refractivity contribution >= 4 is 34.2 Å². The summed E-state index contributed by atoms with van der Waals surface area (Å²) in [5, 5.41) is 3.98. The number of aromatic nitrogens is 2. The van der Waals surface area contributed by atoms with Gasteiger partial charge in [-0.1, -0.05) is 35.9 Å². The number of carbonyl (C=O) groups excluding carboxylic acids is 1. The van der Waals surface area contributed by atoms with E-state index >= 15 is 0 Å². The summed E-state index contributed by atoms with van der Waals surface area (Å²) in [7, 11) is 1.69. The van der Waals surface area contributed by atoms with Crippen LogP contribution in [0.4, 0.5) is 10.5 Å². The van der Waals surface area contributed by atoms with Gasteiger partial charge in [0.15, 0.2) is 0 Å². The van der Waals surface area contributed by atoms with Crippen LogP contribution >= 0.6 is 11.6 Å². The molecule has 2 amide bonds. The van der Waals surface area contributed by atoms with E-state index in [1.165, 1.54) is 4.90 Å². The van der Waals surface area contributed by atoms with Crippen LogP contribution in [0.1, 0.15) is 29.9 Å². The van der Waals surface area contributed by atoms with Crippen molar-refractivity contribution in [3.8, 4) is 5.69 Å². The lowest BCUT2D eigenvalue weighted by atomic mass is 10.1. The number of carbonyl (C=O) groups is 1. The minimum absolute atomic E-state index is 0.164. The van der Waals surface area contributed by atoms with Gasteiger partial charge >= 0.3 is 6.03 Å². The molecule has 1 atom stereocenters. The number of rotatable bonds is 4. The standard InChI is InChI=1S/C26H25ClN4O2/c1-16-9-10-17(2)23(15-16)31-24(29-22-8-6-5-7-21(22)25(31)32)18(3)30(4)26(33)28-20-13-11-19(27)12-14-20/h5-15,18H,1-4H3,(H,28,33). The van der Waals surface area contributed by atoms with Crippen LogP contribution < -0.4 is 10.9 Å². The zero-order valence-electron chi connectivity index (χ0n) is 19.0. The van der Waals surface area contributed by atoms with E-state index in [1.54, 1.807) is 41.9 Å². The van der Waals surface area contributed by atoms with Gasteiger partial charge in [0.2, 0.25) is 0 Å². The number of aryl methyl sites for hydroxylation is 2. The van der Waals surface area contributed by atoms with Crippen LogP contribution in [0.25, 0.3) is 16.6 Å². The normalized spacial score (nSPS) is 11.9. The summed E-state index contributed by atoms with van der Waals surface area (Å²) in [5.41, 5.74) is 3.79. The summed E-state index contributed by atoms with van der Waals surface area (Å²) in [6.07, 6.45) is 0. The van der Waals surface area contributed by atoms with E-state index in [2.05, 4.69) is 5.32 Å². The number of para-hydroxylation sites is 1. The average molecular weight is 461 g/mol. The molecule has 1 N–H and O–H groups in total. The van der Waals surface area contributed by atoms with E-state index in [0.717, 1.165) is 16.8 Å². The number of benzene rings is 3. The minimum Gasteiger partial charge on any atom is -0.318 e. The van der Waals surface area contributed by atoms with Gasteiger partial charge in [0.25, 0.3) is 5.56 Å². The number of fused-ring (bicyclic) bond motifs is 1. The lowest BCUT2D eigenvalue weighted by Crippen LogP contribution is -2.37. The van der Waals surface area contributed by atoms with Crippen molar-refractivity contribution in [2.24, 2.45) is 0 Å². The average Bonchev–Trinajstić information content (AvgIpc) is 2.81. The maximum atomic E-state index is 13.6. The highest BCUT2D eigenvalue weighted by Gasteiger charge is 2.25. The quantitative estimate of drug-likeness (QED) is 0.413. The molecular weight excluding hydrogens is 436 g/mol. The molecule has 33 heavy (non-hydrogen) atoms. The molecule has 0 saturated heterocycles. The Morgan fingerprint density at radius 3 is 2.48 bits per heavy atom. The summed E-state index contributed by atoms with van der Waals surface area (Å²) in [4.78, 5) is 33.0. The van der Waals surface area contributed by atoms with Gasteiger partial charge < -0.3 is 10.2 Å². The SMILES string of the molecule is Cc1ccc(C)c(-n2c(C(C)N(C)C(=O)Nc3ccc(Cl)cc3)nc3ccccc3c2=O)c1. The van der Waals surface area contributed by atoms with Crippen LogP contribution in [0.5, 0.6) is 0 Å². The Balaban J connectivity index is 1.81.